The number of carbonyl (C=O) groups is 3. The minimum Gasteiger partial charge on any atom is -0.342 e. The molecule has 0 radical (unpaired) electrons. The second-order valence-electron chi connectivity index (χ2n) is 8.92. The maximum atomic E-state index is 12.7. The average molecular weight is 360 g/mol. The van der Waals surface area contributed by atoms with Gasteiger partial charge in [-0.3, -0.25) is 14.4 Å². The zero-order valence-corrected chi connectivity index (χ0v) is 15.8. The fourth-order valence-corrected chi connectivity index (χ4v) is 5.87. The summed E-state index contributed by atoms with van der Waals surface area (Å²) in [7, 11) is 0. The second kappa shape index (κ2) is 7.69. The lowest BCUT2D eigenvalue weighted by molar-refractivity contribution is -0.140. The fraction of sp³-hybridized carbons (Fsp3) is 0.857. The highest BCUT2D eigenvalue weighted by atomic mass is 16.2. The maximum absolute atomic E-state index is 12.7. The van der Waals surface area contributed by atoms with Gasteiger partial charge in [-0.1, -0.05) is 19.3 Å². The van der Waals surface area contributed by atoms with E-state index in [4.69, 9.17) is 0 Å². The topological polar surface area (TPSA) is 57.7 Å². The number of amides is 2. The molecule has 144 valence electrons. The highest BCUT2D eigenvalue weighted by Gasteiger charge is 2.40. The predicted molar refractivity (Wildman–Crippen MR) is 98.3 cm³/mol. The summed E-state index contributed by atoms with van der Waals surface area (Å²) in [5.41, 5.74) is 0. The first-order valence-corrected chi connectivity index (χ1v) is 10.7. The molecule has 2 aliphatic carbocycles. The molecule has 0 aromatic carbocycles. The average Bonchev–Trinajstić information content (AvgIpc) is 3.08. The molecule has 4 aliphatic rings. The third-order valence-electron chi connectivity index (χ3n) is 7.43. The Morgan fingerprint density at radius 1 is 0.846 bits per heavy atom. The molecule has 0 spiro atoms. The van der Waals surface area contributed by atoms with Crippen LogP contribution in [0.1, 0.15) is 70.6 Å². The Labute approximate surface area is 156 Å². The smallest absolute Gasteiger partial charge is 0.223 e. The summed E-state index contributed by atoms with van der Waals surface area (Å²) in [5, 5.41) is 0. The standard InChI is InChI=1S/C21H32N2O3/c24-18-6-5-16-10-12-23(19(16)13-18)21(26)8-7-20(25)22-11-9-15-3-1-2-4-17(15)14-22/h15-17,19H,1-14H2. The Hall–Kier alpha value is -1.39. The van der Waals surface area contributed by atoms with Crippen LogP contribution in [-0.2, 0) is 14.4 Å². The minimum atomic E-state index is 0.0769. The van der Waals surface area contributed by atoms with Crippen molar-refractivity contribution in [3.8, 4) is 0 Å². The van der Waals surface area contributed by atoms with E-state index in [1.54, 1.807) is 0 Å². The van der Waals surface area contributed by atoms with Crippen molar-refractivity contribution >= 4 is 17.6 Å². The monoisotopic (exact) mass is 360 g/mol. The summed E-state index contributed by atoms with van der Waals surface area (Å²) in [5.74, 6) is 2.52. The van der Waals surface area contributed by atoms with Crippen molar-refractivity contribution in [3.05, 3.63) is 0 Å². The quantitative estimate of drug-likeness (QED) is 0.778. The van der Waals surface area contributed by atoms with Crippen LogP contribution in [-0.4, -0.2) is 53.1 Å². The highest BCUT2D eigenvalue weighted by Crippen LogP contribution is 2.37. The van der Waals surface area contributed by atoms with Crippen LogP contribution in [0.3, 0.4) is 0 Å². The van der Waals surface area contributed by atoms with Crippen molar-refractivity contribution in [2.75, 3.05) is 19.6 Å². The number of likely N-dealkylation sites (tertiary alicyclic amines) is 2. The van der Waals surface area contributed by atoms with Gasteiger partial charge in [0.05, 0.1) is 0 Å². The lowest BCUT2D eigenvalue weighted by atomic mass is 9.75. The van der Waals surface area contributed by atoms with Gasteiger partial charge in [0.1, 0.15) is 5.78 Å². The van der Waals surface area contributed by atoms with Crippen LogP contribution in [0.4, 0.5) is 0 Å². The number of ketones is 1. The number of carbonyl (C=O) groups excluding carboxylic acids is 3. The van der Waals surface area contributed by atoms with Crippen molar-refractivity contribution in [2.45, 2.75) is 76.7 Å². The molecule has 2 amide bonds. The Balaban J connectivity index is 1.26. The summed E-state index contributed by atoms with van der Waals surface area (Å²) in [6.45, 7) is 2.54. The van der Waals surface area contributed by atoms with E-state index in [2.05, 4.69) is 0 Å². The lowest BCUT2D eigenvalue weighted by Gasteiger charge is -2.41. The molecule has 26 heavy (non-hydrogen) atoms. The molecule has 2 saturated carbocycles. The van der Waals surface area contributed by atoms with Crippen LogP contribution in [0.15, 0.2) is 0 Å². The Kier molecular flexibility index (Phi) is 5.32. The predicted octanol–water partition coefficient (Wildman–Crippen LogP) is 2.78. The van der Waals surface area contributed by atoms with Crippen molar-refractivity contribution in [2.24, 2.45) is 17.8 Å². The fourth-order valence-electron chi connectivity index (χ4n) is 5.87. The van der Waals surface area contributed by atoms with Gasteiger partial charge in [-0.05, 0) is 43.4 Å². The van der Waals surface area contributed by atoms with Gasteiger partial charge >= 0.3 is 0 Å². The molecule has 0 bridgehead atoms. The number of piperidine rings is 1. The van der Waals surface area contributed by atoms with Crippen LogP contribution >= 0.6 is 0 Å². The molecule has 0 aromatic rings. The van der Waals surface area contributed by atoms with Crippen LogP contribution in [0, 0.1) is 17.8 Å². The van der Waals surface area contributed by atoms with Gasteiger partial charge in [-0.25, -0.2) is 0 Å². The van der Waals surface area contributed by atoms with Crippen LogP contribution in [0.5, 0.6) is 0 Å². The van der Waals surface area contributed by atoms with E-state index in [9.17, 15) is 14.4 Å². The van der Waals surface area contributed by atoms with Gasteiger partial charge < -0.3 is 9.80 Å². The molecule has 2 aliphatic heterocycles. The van der Waals surface area contributed by atoms with E-state index in [1.807, 2.05) is 9.80 Å². The molecular formula is C21H32N2O3. The van der Waals surface area contributed by atoms with Gasteiger partial charge in [0.2, 0.25) is 11.8 Å². The molecule has 2 saturated heterocycles. The zero-order valence-electron chi connectivity index (χ0n) is 15.8. The summed E-state index contributed by atoms with van der Waals surface area (Å²) in [6, 6.07) is 0.108. The molecule has 0 aromatic heterocycles. The summed E-state index contributed by atoms with van der Waals surface area (Å²) < 4.78 is 0. The van der Waals surface area contributed by atoms with Crippen molar-refractivity contribution in [1.82, 2.24) is 9.80 Å². The first-order chi connectivity index (χ1) is 12.6. The molecule has 4 fully saturated rings. The van der Waals surface area contributed by atoms with Crippen molar-refractivity contribution in [1.29, 1.82) is 0 Å². The molecule has 2 heterocycles. The first kappa shape index (κ1) is 18.0. The van der Waals surface area contributed by atoms with E-state index in [1.165, 1.54) is 25.7 Å². The molecule has 0 N–H and O–H groups in total. The normalized spacial score (nSPS) is 34.4. The summed E-state index contributed by atoms with van der Waals surface area (Å²) >= 11 is 0. The molecule has 5 nitrogen and oxygen atoms in total. The van der Waals surface area contributed by atoms with Gasteiger partial charge in [0.15, 0.2) is 0 Å². The third-order valence-corrected chi connectivity index (χ3v) is 7.43. The SMILES string of the molecule is O=C1CCC2CCN(C(=O)CCC(=O)N3CCC4CCCCC4C3)C2C1. The minimum absolute atomic E-state index is 0.0769. The largest absolute Gasteiger partial charge is 0.342 e. The Morgan fingerprint density at radius 2 is 1.58 bits per heavy atom. The third kappa shape index (κ3) is 3.67. The van der Waals surface area contributed by atoms with Crippen molar-refractivity contribution in [3.63, 3.8) is 0 Å². The number of rotatable bonds is 3. The number of fused-ring (bicyclic) bond motifs is 2. The van der Waals surface area contributed by atoms with Gasteiger partial charge in [-0.2, -0.15) is 0 Å². The zero-order chi connectivity index (χ0) is 18.1. The van der Waals surface area contributed by atoms with Gasteiger partial charge in [-0.15, -0.1) is 0 Å². The summed E-state index contributed by atoms with van der Waals surface area (Å²) in [6.07, 6.45) is 10.2. The second-order valence-corrected chi connectivity index (χ2v) is 8.92. The van der Waals surface area contributed by atoms with E-state index in [0.29, 0.717) is 37.5 Å². The van der Waals surface area contributed by atoms with Crippen LogP contribution < -0.4 is 0 Å². The maximum Gasteiger partial charge on any atom is 0.223 e. The molecule has 4 unspecified atom stereocenters. The Bertz CT molecular complexity index is 576. The van der Waals surface area contributed by atoms with Crippen molar-refractivity contribution < 1.29 is 14.4 Å². The van der Waals surface area contributed by atoms with Crippen LogP contribution in [0.2, 0.25) is 0 Å². The van der Waals surface area contributed by atoms with E-state index in [0.717, 1.165) is 44.8 Å². The summed E-state index contributed by atoms with van der Waals surface area (Å²) in [4.78, 5) is 41.0. The molecule has 5 heteroatoms. The van der Waals surface area contributed by atoms with Gasteiger partial charge in [0, 0.05) is 51.4 Å². The number of hydrogen-bond donors (Lipinski definition) is 0. The Morgan fingerprint density at radius 3 is 2.42 bits per heavy atom. The molecule has 4 atom stereocenters. The van der Waals surface area contributed by atoms with Crippen LogP contribution in [0.25, 0.3) is 0 Å². The van der Waals surface area contributed by atoms with E-state index >= 15 is 0 Å². The highest BCUT2D eigenvalue weighted by molar-refractivity contribution is 5.85. The number of nitrogens with zero attached hydrogens (tertiary/aromatic N) is 2. The van der Waals surface area contributed by atoms with E-state index < -0.39 is 0 Å². The lowest BCUT2D eigenvalue weighted by Crippen LogP contribution is -2.45. The number of Topliss-reactive ketones (excluding diaryl/α,β-unsaturated/α-hetero) is 1. The molecular weight excluding hydrogens is 328 g/mol. The van der Waals surface area contributed by atoms with E-state index in [-0.39, 0.29) is 23.6 Å². The molecule has 4 rings (SSSR count). The first-order valence-electron chi connectivity index (χ1n) is 10.7. The number of hydrogen-bond acceptors (Lipinski definition) is 3. The van der Waals surface area contributed by atoms with Gasteiger partial charge in [0.25, 0.3) is 0 Å².